The second-order valence-corrected chi connectivity index (χ2v) is 3.82. The van der Waals surface area contributed by atoms with Crippen LogP contribution in [0.1, 0.15) is 29.5 Å². The fraction of sp³-hybridized carbons (Fsp3) is 0.636. The average molecular weight is 224 g/mol. The molecule has 1 amide bonds. The maximum Gasteiger partial charge on any atom is 0.272 e. The van der Waals surface area contributed by atoms with E-state index in [-0.39, 0.29) is 5.91 Å². The van der Waals surface area contributed by atoms with E-state index in [0.717, 1.165) is 12.1 Å². The SMILES string of the molecule is CCN(CCCN)C(=O)c1cc(C)nn1C. The number of nitrogens with two attached hydrogens (primary N) is 1. The lowest BCUT2D eigenvalue weighted by Gasteiger charge is -2.20. The Bertz CT molecular complexity index is 359. The zero-order valence-electron chi connectivity index (χ0n) is 10.2. The molecule has 0 aliphatic heterocycles. The van der Waals surface area contributed by atoms with Gasteiger partial charge in [0, 0.05) is 20.1 Å². The molecule has 1 aromatic heterocycles. The zero-order chi connectivity index (χ0) is 12.1. The van der Waals surface area contributed by atoms with Crippen LogP contribution in [0.4, 0.5) is 0 Å². The molecule has 0 atom stereocenters. The molecular formula is C11H20N4O. The Hall–Kier alpha value is -1.36. The van der Waals surface area contributed by atoms with E-state index >= 15 is 0 Å². The molecule has 0 unspecified atom stereocenters. The minimum atomic E-state index is 0.0269. The molecule has 0 aromatic carbocycles. The fourth-order valence-corrected chi connectivity index (χ4v) is 1.66. The topological polar surface area (TPSA) is 64.2 Å². The molecule has 1 rings (SSSR count). The van der Waals surface area contributed by atoms with Crippen LogP contribution in [-0.4, -0.2) is 40.2 Å². The molecular weight excluding hydrogens is 204 g/mol. The largest absolute Gasteiger partial charge is 0.338 e. The summed E-state index contributed by atoms with van der Waals surface area (Å²) in [7, 11) is 1.79. The van der Waals surface area contributed by atoms with Crippen molar-refractivity contribution in [2.75, 3.05) is 19.6 Å². The van der Waals surface area contributed by atoms with Crippen molar-refractivity contribution in [1.82, 2.24) is 14.7 Å². The van der Waals surface area contributed by atoms with Crippen LogP contribution in [0.5, 0.6) is 0 Å². The van der Waals surface area contributed by atoms with Crippen LogP contribution in [0.25, 0.3) is 0 Å². The van der Waals surface area contributed by atoms with Crippen LogP contribution < -0.4 is 5.73 Å². The summed E-state index contributed by atoms with van der Waals surface area (Å²) < 4.78 is 1.63. The first-order chi connectivity index (χ1) is 7.60. The van der Waals surface area contributed by atoms with Crippen molar-refractivity contribution in [3.8, 4) is 0 Å². The monoisotopic (exact) mass is 224 g/mol. The lowest BCUT2D eigenvalue weighted by atomic mass is 10.3. The Morgan fingerprint density at radius 3 is 2.75 bits per heavy atom. The van der Waals surface area contributed by atoms with Gasteiger partial charge in [-0.2, -0.15) is 5.10 Å². The summed E-state index contributed by atoms with van der Waals surface area (Å²) in [5.74, 6) is 0.0269. The first-order valence-corrected chi connectivity index (χ1v) is 5.60. The molecule has 0 saturated carbocycles. The summed E-state index contributed by atoms with van der Waals surface area (Å²) in [4.78, 5) is 13.9. The van der Waals surface area contributed by atoms with E-state index in [4.69, 9.17) is 5.73 Å². The standard InChI is InChI=1S/C11H20N4O/c1-4-15(7-5-6-12)11(16)10-8-9(2)13-14(10)3/h8H,4-7,12H2,1-3H3. The third-order valence-electron chi connectivity index (χ3n) is 2.52. The quantitative estimate of drug-likeness (QED) is 0.794. The zero-order valence-corrected chi connectivity index (χ0v) is 10.2. The van der Waals surface area contributed by atoms with Gasteiger partial charge in [0.25, 0.3) is 5.91 Å². The third kappa shape index (κ3) is 2.82. The van der Waals surface area contributed by atoms with Crippen LogP contribution in [-0.2, 0) is 7.05 Å². The second kappa shape index (κ2) is 5.65. The molecule has 0 radical (unpaired) electrons. The molecule has 16 heavy (non-hydrogen) atoms. The Morgan fingerprint density at radius 1 is 1.62 bits per heavy atom. The number of aryl methyl sites for hydroxylation is 2. The molecule has 1 aromatic rings. The van der Waals surface area contributed by atoms with Crippen molar-refractivity contribution in [1.29, 1.82) is 0 Å². The Labute approximate surface area is 96.2 Å². The lowest BCUT2D eigenvalue weighted by molar-refractivity contribution is 0.0752. The van der Waals surface area contributed by atoms with Crippen LogP contribution in [0, 0.1) is 6.92 Å². The van der Waals surface area contributed by atoms with Gasteiger partial charge in [0.1, 0.15) is 5.69 Å². The summed E-state index contributed by atoms with van der Waals surface area (Å²) in [6.45, 7) is 5.86. The Balaban J connectivity index is 2.78. The van der Waals surface area contributed by atoms with Gasteiger partial charge in [0.05, 0.1) is 5.69 Å². The van der Waals surface area contributed by atoms with Crippen LogP contribution in [0.3, 0.4) is 0 Å². The summed E-state index contributed by atoms with van der Waals surface area (Å²) >= 11 is 0. The molecule has 5 nitrogen and oxygen atoms in total. The van der Waals surface area contributed by atoms with E-state index in [1.807, 2.05) is 19.9 Å². The number of carbonyl (C=O) groups is 1. The van der Waals surface area contributed by atoms with Crippen molar-refractivity contribution < 1.29 is 4.79 Å². The molecule has 90 valence electrons. The van der Waals surface area contributed by atoms with E-state index in [9.17, 15) is 4.79 Å². The summed E-state index contributed by atoms with van der Waals surface area (Å²) in [5.41, 5.74) is 6.95. The number of carbonyl (C=O) groups excluding carboxylic acids is 1. The molecule has 0 saturated heterocycles. The highest BCUT2D eigenvalue weighted by molar-refractivity contribution is 5.92. The van der Waals surface area contributed by atoms with Crippen LogP contribution in [0.2, 0.25) is 0 Å². The van der Waals surface area contributed by atoms with Gasteiger partial charge in [-0.15, -0.1) is 0 Å². The highest BCUT2D eigenvalue weighted by Crippen LogP contribution is 2.06. The van der Waals surface area contributed by atoms with Crippen molar-refractivity contribution in [3.05, 3.63) is 17.5 Å². The van der Waals surface area contributed by atoms with Gasteiger partial charge in [0.2, 0.25) is 0 Å². The minimum Gasteiger partial charge on any atom is -0.338 e. The molecule has 0 aliphatic carbocycles. The predicted molar refractivity (Wildman–Crippen MR) is 63.2 cm³/mol. The van der Waals surface area contributed by atoms with Crippen LogP contribution in [0.15, 0.2) is 6.07 Å². The number of rotatable bonds is 5. The fourth-order valence-electron chi connectivity index (χ4n) is 1.66. The molecule has 0 aliphatic rings. The molecule has 2 N–H and O–H groups in total. The van der Waals surface area contributed by atoms with Crippen molar-refractivity contribution in [2.24, 2.45) is 12.8 Å². The summed E-state index contributed by atoms with van der Waals surface area (Å²) in [5, 5.41) is 4.17. The van der Waals surface area contributed by atoms with Gasteiger partial charge in [-0.1, -0.05) is 0 Å². The Morgan fingerprint density at radius 2 is 2.31 bits per heavy atom. The van der Waals surface area contributed by atoms with E-state index in [1.165, 1.54) is 0 Å². The number of hydrogen-bond acceptors (Lipinski definition) is 3. The molecule has 0 spiro atoms. The van der Waals surface area contributed by atoms with E-state index in [1.54, 1.807) is 16.6 Å². The van der Waals surface area contributed by atoms with E-state index in [0.29, 0.717) is 25.3 Å². The number of aromatic nitrogens is 2. The maximum atomic E-state index is 12.1. The van der Waals surface area contributed by atoms with Gasteiger partial charge >= 0.3 is 0 Å². The van der Waals surface area contributed by atoms with Gasteiger partial charge in [-0.3, -0.25) is 9.48 Å². The number of nitrogens with zero attached hydrogens (tertiary/aromatic N) is 3. The average Bonchev–Trinajstić information content (AvgIpc) is 2.58. The molecule has 0 bridgehead atoms. The smallest absolute Gasteiger partial charge is 0.272 e. The third-order valence-corrected chi connectivity index (χ3v) is 2.52. The molecule has 5 heteroatoms. The van der Waals surface area contributed by atoms with Crippen molar-refractivity contribution >= 4 is 5.91 Å². The van der Waals surface area contributed by atoms with Gasteiger partial charge in [-0.05, 0) is 32.9 Å². The molecule has 1 heterocycles. The van der Waals surface area contributed by atoms with E-state index in [2.05, 4.69) is 5.10 Å². The summed E-state index contributed by atoms with van der Waals surface area (Å²) in [6.07, 6.45) is 0.830. The van der Waals surface area contributed by atoms with Gasteiger partial charge in [0.15, 0.2) is 0 Å². The predicted octanol–water partition coefficient (Wildman–Crippen LogP) is 0.539. The highest BCUT2D eigenvalue weighted by Gasteiger charge is 2.17. The summed E-state index contributed by atoms with van der Waals surface area (Å²) in [6, 6.07) is 1.81. The second-order valence-electron chi connectivity index (χ2n) is 3.82. The van der Waals surface area contributed by atoms with Crippen molar-refractivity contribution in [3.63, 3.8) is 0 Å². The number of amides is 1. The minimum absolute atomic E-state index is 0.0269. The van der Waals surface area contributed by atoms with E-state index < -0.39 is 0 Å². The van der Waals surface area contributed by atoms with Gasteiger partial charge < -0.3 is 10.6 Å². The maximum absolute atomic E-state index is 12.1. The normalized spacial score (nSPS) is 10.5. The highest BCUT2D eigenvalue weighted by atomic mass is 16.2. The first kappa shape index (κ1) is 12.7. The Kier molecular flexibility index (Phi) is 4.49. The lowest BCUT2D eigenvalue weighted by Crippen LogP contribution is -2.34. The van der Waals surface area contributed by atoms with Crippen molar-refractivity contribution in [2.45, 2.75) is 20.3 Å². The number of hydrogen-bond donors (Lipinski definition) is 1. The first-order valence-electron chi connectivity index (χ1n) is 5.60. The van der Waals surface area contributed by atoms with Gasteiger partial charge in [-0.25, -0.2) is 0 Å². The van der Waals surface area contributed by atoms with Crippen LogP contribution >= 0.6 is 0 Å². The molecule has 0 fully saturated rings.